The minimum Gasteiger partial charge on any atom is -0.352 e. The van der Waals surface area contributed by atoms with Crippen molar-refractivity contribution in [3.05, 3.63) is 112 Å². The van der Waals surface area contributed by atoms with Gasteiger partial charge in [-0.15, -0.1) is 10.2 Å². The number of rotatable bonds is 8. The lowest BCUT2D eigenvalue weighted by Crippen LogP contribution is -2.52. The maximum atomic E-state index is 13.3. The highest BCUT2D eigenvalue weighted by atomic mass is 35.5. The Bertz CT molecular complexity index is 1440. The minimum absolute atomic E-state index is 0.0386. The van der Waals surface area contributed by atoms with E-state index in [1.807, 2.05) is 71.6 Å². The maximum absolute atomic E-state index is 13.3. The van der Waals surface area contributed by atoms with E-state index in [9.17, 15) is 9.59 Å². The summed E-state index contributed by atoms with van der Waals surface area (Å²) in [6, 6.07) is 28.2. The van der Waals surface area contributed by atoms with Crippen LogP contribution < -0.4 is 4.90 Å². The van der Waals surface area contributed by atoms with Gasteiger partial charge in [0.15, 0.2) is 5.82 Å². The first-order valence-corrected chi connectivity index (χ1v) is 13.9. The molecular weight excluding hydrogens is 545 g/mol. The highest BCUT2D eigenvalue weighted by Gasteiger charge is 2.26. The van der Waals surface area contributed by atoms with Crippen LogP contribution in [0, 0.1) is 0 Å². The third-order valence-corrected chi connectivity index (χ3v) is 7.51. The highest BCUT2D eigenvalue weighted by molar-refractivity contribution is 6.36. The van der Waals surface area contributed by atoms with E-state index in [1.165, 1.54) is 0 Å². The summed E-state index contributed by atoms with van der Waals surface area (Å²) in [5.41, 5.74) is 3.13. The second-order valence-corrected chi connectivity index (χ2v) is 10.4. The van der Waals surface area contributed by atoms with Crippen molar-refractivity contribution in [2.75, 3.05) is 44.2 Å². The van der Waals surface area contributed by atoms with Gasteiger partial charge in [-0.3, -0.25) is 9.59 Å². The molecule has 4 aromatic rings. The third kappa shape index (κ3) is 6.79. The third-order valence-electron chi connectivity index (χ3n) is 6.96. The molecule has 1 aromatic heterocycles. The number of carbonyl (C=O) groups is 2. The summed E-state index contributed by atoms with van der Waals surface area (Å²) >= 11 is 12.3. The van der Waals surface area contributed by atoms with Crippen molar-refractivity contribution in [1.29, 1.82) is 0 Å². The quantitative estimate of drug-likeness (QED) is 0.279. The average molecular weight is 575 g/mol. The summed E-state index contributed by atoms with van der Waals surface area (Å²) < 4.78 is 0. The molecule has 2 heterocycles. The van der Waals surface area contributed by atoms with E-state index in [2.05, 4.69) is 15.1 Å². The standard InChI is InChI=1S/C31H29Cl2N5O2/c32-25-11-12-26(27(33)21-25)28-13-14-29(35-34-28)36-17-19-37(20-18-36)30(39)22-38(16-15-23-7-3-1-4-8-23)31(40)24-9-5-2-6-10-24/h1-14,21H,15-20,22H2. The molecule has 40 heavy (non-hydrogen) atoms. The van der Waals surface area contributed by atoms with E-state index in [0.717, 1.165) is 16.9 Å². The lowest BCUT2D eigenvalue weighted by atomic mass is 10.1. The summed E-state index contributed by atoms with van der Waals surface area (Å²) in [6.45, 7) is 2.82. The van der Waals surface area contributed by atoms with Gasteiger partial charge in [0, 0.05) is 48.9 Å². The Labute approximate surface area is 243 Å². The van der Waals surface area contributed by atoms with E-state index in [4.69, 9.17) is 23.2 Å². The molecule has 0 unspecified atom stereocenters. The number of carbonyl (C=O) groups excluding carboxylic acids is 2. The number of benzene rings is 3. The Hall–Kier alpha value is -3.94. The number of nitrogens with zero attached hydrogens (tertiary/aromatic N) is 5. The number of piperazine rings is 1. The Morgan fingerprint density at radius 2 is 1.50 bits per heavy atom. The van der Waals surface area contributed by atoms with Crippen molar-refractivity contribution in [1.82, 2.24) is 20.0 Å². The number of hydrogen-bond acceptors (Lipinski definition) is 5. The molecular formula is C31H29Cl2N5O2. The smallest absolute Gasteiger partial charge is 0.254 e. The lowest BCUT2D eigenvalue weighted by Gasteiger charge is -2.36. The first-order valence-electron chi connectivity index (χ1n) is 13.2. The number of anilines is 1. The monoisotopic (exact) mass is 573 g/mol. The zero-order valence-electron chi connectivity index (χ0n) is 21.9. The van der Waals surface area contributed by atoms with Gasteiger partial charge < -0.3 is 14.7 Å². The van der Waals surface area contributed by atoms with Crippen LogP contribution in [0.1, 0.15) is 15.9 Å². The van der Waals surface area contributed by atoms with Crippen LogP contribution in [-0.2, 0) is 11.2 Å². The molecule has 204 valence electrons. The van der Waals surface area contributed by atoms with Gasteiger partial charge in [0.1, 0.15) is 6.54 Å². The SMILES string of the molecule is O=C(CN(CCc1ccccc1)C(=O)c1ccccc1)N1CCN(c2ccc(-c3ccc(Cl)cc3Cl)nn2)CC1. The van der Waals surface area contributed by atoms with Gasteiger partial charge in [-0.25, -0.2) is 0 Å². The zero-order valence-corrected chi connectivity index (χ0v) is 23.4. The second-order valence-electron chi connectivity index (χ2n) is 9.60. The molecule has 1 saturated heterocycles. The largest absolute Gasteiger partial charge is 0.352 e. The lowest BCUT2D eigenvalue weighted by molar-refractivity contribution is -0.132. The molecule has 1 fully saturated rings. The molecule has 0 saturated carbocycles. The van der Waals surface area contributed by atoms with Crippen molar-refractivity contribution in [2.45, 2.75) is 6.42 Å². The Kier molecular flexibility index (Phi) is 8.94. The summed E-state index contributed by atoms with van der Waals surface area (Å²) in [5.74, 6) is 0.542. The summed E-state index contributed by atoms with van der Waals surface area (Å²) in [7, 11) is 0. The van der Waals surface area contributed by atoms with Crippen molar-refractivity contribution in [3.63, 3.8) is 0 Å². The second kappa shape index (κ2) is 12.9. The van der Waals surface area contributed by atoms with Crippen LogP contribution in [0.25, 0.3) is 11.3 Å². The van der Waals surface area contributed by atoms with E-state index >= 15 is 0 Å². The van der Waals surface area contributed by atoms with Crippen molar-refractivity contribution < 1.29 is 9.59 Å². The van der Waals surface area contributed by atoms with E-state index in [0.29, 0.717) is 60.4 Å². The first kappa shape index (κ1) is 27.6. The molecule has 0 spiro atoms. The average Bonchev–Trinajstić information content (AvgIpc) is 3.00. The number of halogens is 2. The predicted molar refractivity (Wildman–Crippen MR) is 159 cm³/mol. The van der Waals surface area contributed by atoms with Gasteiger partial charge in [-0.1, -0.05) is 71.7 Å². The van der Waals surface area contributed by atoms with Crippen LogP contribution in [0.2, 0.25) is 10.0 Å². The molecule has 7 nitrogen and oxygen atoms in total. The Balaban J connectivity index is 1.20. The number of amides is 2. The van der Waals surface area contributed by atoms with Gasteiger partial charge in [0.2, 0.25) is 5.91 Å². The molecule has 0 bridgehead atoms. The molecule has 2 amide bonds. The molecule has 3 aromatic carbocycles. The van der Waals surface area contributed by atoms with Crippen LogP contribution in [0.5, 0.6) is 0 Å². The Morgan fingerprint density at radius 1 is 0.800 bits per heavy atom. The molecule has 0 atom stereocenters. The van der Waals surface area contributed by atoms with Crippen LogP contribution in [0.15, 0.2) is 91.0 Å². The predicted octanol–water partition coefficient (Wildman–Crippen LogP) is 5.48. The molecule has 0 aliphatic carbocycles. The van der Waals surface area contributed by atoms with Gasteiger partial charge >= 0.3 is 0 Å². The van der Waals surface area contributed by atoms with Crippen LogP contribution in [0.3, 0.4) is 0 Å². The topological polar surface area (TPSA) is 69.6 Å². The first-order chi connectivity index (χ1) is 19.5. The van der Waals surface area contributed by atoms with Crippen molar-refractivity contribution in [2.24, 2.45) is 0 Å². The van der Waals surface area contributed by atoms with E-state index < -0.39 is 0 Å². The number of hydrogen-bond donors (Lipinski definition) is 0. The summed E-state index contributed by atoms with van der Waals surface area (Å²) in [6.07, 6.45) is 0.677. The maximum Gasteiger partial charge on any atom is 0.254 e. The molecule has 1 aliphatic heterocycles. The van der Waals surface area contributed by atoms with E-state index in [-0.39, 0.29) is 18.4 Å². The fourth-order valence-corrected chi connectivity index (χ4v) is 5.21. The summed E-state index contributed by atoms with van der Waals surface area (Å²) in [4.78, 5) is 32.2. The van der Waals surface area contributed by atoms with Crippen LogP contribution >= 0.6 is 23.2 Å². The molecule has 9 heteroatoms. The van der Waals surface area contributed by atoms with Gasteiger partial charge in [0.25, 0.3) is 5.91 Å². The zero-order chi connectivity index (χ0) is 27.9. The van der Waals surface area contributed by atoms with Gasteiger partial charge in [-0.2, -0.15) is 0 Å². The fraction of sp³-hybridized carbons (Fsp3) is 0.226. The van der Waals surface area contributed by atoms with E-state index in [1.54, 1.807) is 29.2 Å². The Morgan fingerprint density at radius 3 is 2.15 bits per heavy atom. The molecule has 1 aliphatic rings. The fourth-order valence-electron chi connectivity index (χ4n) is 4.71. The van der Waals surface area contributed by atoms with Gasteiger partial charge in [-0.05, 0) is 54.4 Å². The van der Waals surface area contributed by atoms with Gasteiger partial charge in [0.05, 0.1) is 10.7 Å². The molecule has 5 rings (SSSR count). The normalized spacial score (nSPS) is 13.2. The minimum atomic E-state index is -0.139. The summed E-state index contributed by atoms with van der Waals surface area (Å²) in [5, 5.41) is 9.84. The van der Waals surface area contributed by atoms with Crippen LogP contribution in [0.4, 0.5) is 5.82 Å². The molecule has 0 radical (unpaired) electrons. The molecule has 0 N–H and O–H groups in total. The van der Waals surface area contributed by atoms with Crippen LogP contribution in [-0.4, -0.2) is 71.1 Å². The van der Waals surface area contributed by atoms with Crippen molar-refractivity contribution >= 4 is 40.8 Å². The number of aromatic nitrogens is 2. The van der Waals surface area contributed by atoms with Crippen molar-refractivity contribution in [3.8, 4) is 11.3 Å². The highest BCUT2D eigenvalue weighted by Crippen LogP contribution is 2.29.